The molecule has 1 aliphatic heterocycles. The first-order valence-electron chi connectivity index (χ1n) is 5.14. The van der Waals surface area contributed by atoms with E-state index in [1.165, 1.54) is 6.42 Å². The number of nitrogens with one attached hydrogen (secondary N) is 1. The Labute approximate surface area is 80.9 Å². The number of hydrogen-bond donors (Lipinski definition) is 1. The topological polar surface area (TPSA) is 12.0 Å². The summed E-state index contributed by atoms with van der Waals surface area (Å²) in [7, 11) is 0. The number of allylic oxidation sites excluding steroid dienone is 2. The molecule has 1 heteroatoms. The van der Waals surface area contributed by atoms with Crippen molar-refractivity contribution >= 4 is 0 Å². The van der Waals surface area contributed by atoms with Gasteiger partial charge in [-0.1, -0.05) is 44.6 Å². The second-order valence-electron chi connectivity index (χ2n) is 5.14. The molecular formula is C12H19N. The normalized spacial score (nSPS) is 36.7. The molecule has 0 saturated carbocycles. The Morgan fingerprint density at radius 1 is 1.31 bits per heavy atom. The van der Waals surface area contributed by atoms with Crippen molar-refractivity contribution in [3.05, 3.63) is 23.8 Å². The Hall–Kier alpha value is -0.560. The van der Waals surface area contributed by atoms with Crippen molar-refractivity contribution in [1.82, 2.24) is 5.32 Å². The smallest absolute Gasteiger partial charge is 0.0138 e. The van der Waals surface area contributed by atoms with E-state index >= 15 is 0 Å². The SMILES string of the molecule is CC1(C)C=CCC2(C)CNCC=C12. The second kappa shape index (κ2) is 2.71. The van der Waals surface area contributed by atoms with Gasteiger partial charge in [-0.3, -0.25) is 0 Å². The van der Waals surface area contributed by atoms with E-state index in [0.717, 1.165) is 13.1 Å². The van der Waals surface area contributed by atoms with Crippen LogP contribution >= 0.6 is 0 Å². The van der Waals surface area contributed by atoms with Gasteiger partial charge in [0.15, 0.2) is 0 Å². The fourth-order valence-electron chi connectivity index (χ4n) is 2.79. The van der Waals surface area contributed by atoms with Gasteiger partial charge in [0.25, 0.3) is 0 Å². The Morgan fingerprint density at radius 3 is 2.77 bits per heavy atom. The van der Waals surface area contributed by atoms with Gasteiger partial charge >= 0.3 is 0 Å². The highest BCUT2D eigenvalue weighted by Gasteiger charge is 2.39. The zero-order valence-electron chi connectivity index (χ0n) is 8.85. The summed E-state index contributed by atoms with van der Waals surface area (Å²) >= 11 is 0. The zero-order valence-corrected chi connectivity index (χ0v) is 8.85. The molecule has 0 spiro atoms. The molecule has 2 rings (SSSR count). The standard InChI is InChI=1S/C12H19N/c1-11(2)6-4-7-12(3)9-13-8-5-10(11)12/h4-6,13H,7-9H2,1-3H3. The average molecular weight is 177 g/mol. The molecule has 2 aliphatic rings. The lowest BCUT2D eigenvalue weighted by Gasteiger charge is -2.45. The van der Waals surface area contributed by atoms with Crippen LogP contribution in [0.2, 0.25) is 0 Å². The van der Waals surface area contributed by atoms with E-state index in [2.05, 4.69) is 44.3 Å². The fourth-order valence-corrected chi connectivity index (χ4v) is 2.79. The van der Waals surface area contributed by atoms with E-state index in [0.29, 0.717) is 5.41 Å². The molecule has 72 valence electrons. The molecular weight excluding hydrogens is 158 g/mol. The maximum atomic E-state index is 3.45. The third-order valence-electron chi connectivity index (χ3n) is 3.41. The van der Waals surface area contributed by atoms with Crippen LogP contribution in [0.15, 0.2) is 23.8 Å². The number of rotatable bonds is 0. The maximum absolute atomic E-state index is 3.45. The molecule has 0 fully saturated rings. The molecule has 1 aliphatic carbocycles. The largest absolute Gasteiger partial charge is 0.312 e. The van der Waals surface area contributed by atoms with Crippen molar-refractivity contribution in [1.29, 1.82) is 0 Å². The molecule has 0 radical (unpaired) electrons. The first-order valence-corrected chi connectivity index (χ1v) is 5.14. The van der Waals surface area contributed by atoms with E-state index in [4.69, 9.17) is 0 Å². The summed E-state index contributed by atoms with van der Waals surface area (Å²) in [5.74, 6) is 0. The summed E-state index contributed by atoms with van der Waals surface area (Å²) in [5, 5.41) is 3.45. The van der Waals surface area contributed by atoms with E-state index in [1.807, 2.05) is 0 Å². The van der Waals surface area contributed by atoms with Crippen molar-refractivity contribution in [3.63, 3.8) is 0 Å². The quantitative estimate of drug-likeness (QED) is 0.561. The van der Waals surface area contributed by atoms with Crippen LogP contribution in [0.1, 0.15) is 27.2 Å². The molecule has 1 heterocycles. The molecule has 0 aromatic heterocycles. The van der Waals surface area contributed by atoms with Gasteiger partial charge in [0.05, 0.1) is 0 Å². The fraction of sp³-hybridized carbons (Fsp3) is 0.667. The molecule has 1 atom stereocenters. The monoisotopic (exact) mass is 177 g/mol. The molecule has 1 unspecified atom stereocenters. The van der Waals surface area contributed by atoms with Gasteiger partial charge < -0.3 is 5.32 Å². The minimum atomic E-state index is 0.273. The lowest BCUT2D eigenvalue weighted by Crippen LogP contribution is -2.43. The first kappa shape index (κ1) is 9.01. The number of hydrogen-bond acceptors (Lipinski definition) is 1. The van der Waals surface area contributed by atoms with Crippen LogP contribution in [-0.4, -0.2) is 13.1 Å². The number of fused-ring (bicyclic) bond motifs is 1. The second-order valence-corrected chi connectivity index (χ2v) is 5.14. The van der Waals surface area contributed by atoms with E-state index in [9.17, 15) is 0 Å². The van der Waals surface area contributed by atoms with Crippen LogP contribution in [0.4, 0.5) is 0 Å². The molecule has 1 nitrogen and oxygen atoms in total. The molecule has 1 N–H and O–H groups in total. The lowest BCUT2D eigenvalue weighted by atomic mass is 9.63. The van der Waals surface area contributed by atoms with E-state index in [-0.39, 0.29) is 5.41 Å². The average Bonchev–Trinajstić information content (AvgIpc) is 2.02. The van der Waals surface area contributed by atoms with Crippen molar-refractivity contribution in [2.75, 3.05) is 13.1 Å². The van der Waals surface area contributed by atoms with Crippen LogP contribution in [0.3, 0.4) is 0 Å². The molecule has 0 saturated heterocycles. The van der Waals surface area contributed by atoms with E-state index < -0.39 is 0 Å². The highest BCUT2D eigenvalue weighted by atomic mass is 14.9. The van der Waals surface area contributed by atoms with Crippen molar-refractivity contribution in [2.24, 2.45) is 10.8 Å². The van der Waals surface area contributed by atoms with Crippen LogP contribution in [0.25, 0.3) is 0 Å². The van der Waals surface area contributed by atoms with Gasteiger partial charge in [-0.2, -0.15) is 0 Å². The molecule has 0 aromatic rings. The van der Waals surface area contributed by atoms with Gasteiger partial charge in [0.1, 0.15) is 0 Å². The maximum Gasteiger partial charge on any atom is 0.0138 e. The molecule has 0 amide bonds. The minimum Gasteiger partial charge on any atom is -0.312 e. The van der Waals surface area contributed by atoms with Gasteiger partial charge in [0, 0.05) is 23.9 Å². The molecule has 0 aromatic carbocycles. The van der Waals surface area contributed by atoms with Gasteiger partial charge in [-0.15, -0.1) is 0 Å². The summed E-state index contributed by atoms with van der Waals surface area (Å²) < 4.78 is 0. The zero-order chi connectivity index (χ0) is 9.53. The Balaban J connectivity index is 2.44. The molecule has 13 heavy (non-hydrogen) atoms. The van der Waals surface area contributed by atoms with Gasteiger partial charge in [-0.25, -0.2) is 0 Å². The van der Waals surface area contributed by atoms with Crippen molar-refractivity contribution < 1.29 is 0 Å². The summed E-state index contributed by atoms with van der Waals surface area (Å²) in [6, 6.07) is 0. The predicted octanol–water partition coefficient (Wildman–Crippen LogP) is 2.51. The van der Waals surface area contributed by atoms with E-state index in [1.54, 1.807) is 5.57 Å². The van der Waals surface area contributed by atoms with Gasteiger partial charge in [0.2, 0.25) is 0 Å². The minimum absolute atomic E-state index is 0.273. The summed E-state index contributed by atoms with van der Waals surface area (Å²) in [5.41, 5.74) is 2.27. The predicted molar refractivity (Wildman–Crippen MR) is 56.6 cm³/mol. The summed E-state index contributed by atoms with van der Waals surface area (Å²) in [6.07, 6.45) is 8.26. The first-order chi connectivity index (χ1) is 6.05. The van der Waals surface area contributed by atoms with Crippen molar-refractivity contribution in [2.45, 2.75) is 27.2 Å². The summed E-state index contributed by atoms with van der Waals surface area (Å²) in [6.45, 7) is 9.18. The Kier molecular flexibility index (Phi) is 1.88. The van der Waals surface area contributed by atoms with Crippen LogP contribution in [0.5, 0.6) is 0 Å². The third-order valence-corrected chi connectivity index (χ3v) is 3.41. The third kappa shape index (κ3) is 1.35. The summed E-state index contributed by atoms with van der Waals surface area (Å²) in [4.78, 5) is 0. The lowest BCUT2D eigenvalue weighted by molar-refractivity contribution is 0.287. The molecule has 0 bridgehead atoms. The van der Waals surface area contributed by atoms with Crippen LogP contribution in [-0.2, 0) is 0 Å². The highest BCUT2D eigenvalue weighted by molar-refractivity contribution is 5.33. The van der Waals surface area contributed by atoms with Crippen LogP contribution in [0, 0.1) is 10.8 Å². The van der Waals surface area contributed by atoms with Crippen LogP contribution < -0.4 is 5.32 Å². The van der Waals surface area contributed by atoms with Gasteiger partial charge in [-0.05, 0) is 6.42 Å². The Bertz CT molecular complexity index is 273. The highest BCUT2D eigenvalue weighted by Crippen LogP contribution is 2.47. The Morgan fingerprint density at radius 2 is 2.08 bits per heavy atom. The van der Waals surface area contributed by atoms with Crippen molar-refractivity contribution in [3.8, 4) is 0 Å².